The van der Waals surface area contributed by atoms with E-state index in [1.165, 1.54) is 0 Å². The number of aliphatic imine (C=N–C) groups is 1. The molecule has 0 radical (unpaired) electrons. The van der Waals surface area contributed by atoms with Crippen LogP contribution < -0.4 is 16.6 Å². The van der Waals surface area contributed by atoms with Gasteiger partial charge in [0, 0.05) is 15.6 Å². The number of para-hydroxylation sites is 1. The first-order valence-corrected chi connectivity index (χ1v) is 7.87. The summed E-state index contributed by atoms with van der Waals surface area (Å²) >= 11 is 12.3. The molecule has 0 saturated carbocycles. The second-order valence-corrected chi connectivity index (χ2v) is 6.15. The third-order valence-corrected chi connectivity index (χ3v) is 4.38. The van der Waals surface area contributed by atoms with Crippen molar-refractivity contribution in [1.29, 1.82) is 0 Å². The molecule has 0 fully saturated rings. The van der Waals surface area contributed by atoms with Gasteiger partial charge in [0.2, 0.25) is 5.95 Å². The number of nitrogens with zero attached hydrogens (tertiary/aromatic N) is 3. The van der Waals surface area contributed by atoms with Crippen LogP contribution in [0.1, 0.15) is 11.7 Å². The molecule has 4 rings (SSSR count). The van der Waals surface area contributed by atoms with Crippen LogP contribution in [-0.2, 0) is 0 Å². The first-order chi connectivity index (χ1) is 11.5. The van der Waals surface area contributed by atoms with Gasteiger partial charge in [0.15, 0.2) is 12.1 Å². The van der Waals surface area contributed by atoms with Crippen molar-refractivity contribution in [3.63, 3.8) is 0 Å². The molecule has 1 aliphatic heterocycles. The number of hydrogen-bond acceptors (Lipinski definition) is 5. The zero-order valence-corrected chi connectivity index (χ0v) is 13.7. The van der Waals surface area contributed by atoms with Crippen LogP contribution in [0.15, 0.2) is 52.3 Å². The Morgan fingerprint density at radius 2 is 1.96 bits per heavy atom. The summed E-state index contributed by atoms with van der Waals surface area (Å²) in [7, 11) is 0. The number of halogens is 2. The van der Waals surface area contributed by atoms with Crippen molar-refractivity contribution in [2.45, 2.75) is 6.17 Å². The van der Waals surface area contributed by atoms with E-state index in [-0.39, 0.29) is 11.5 Å². The highest BCUT2D eigenvalue weighted by molar-refractivity contribution is 6.35. The monoisotopic (exact) mass is 359 g/mol. The SMILES string of the molecule is NC1=N[C@@H](c2ccc(Cl)cc2Cl)n2c(nc(=O)c3ccccc32)N1. The molecule has 0 unspecified atom stereocenters. The van der Waals surface area contributed by atoms with Crippen LogP contribution in [0.25, 0.3) is 10.9 Å². The van der Waals surface area contributed by atoms with E-state index in [9.17, 15) is 4.79 Å². The maximum Gasteiger partial charge on any atom is 0.282 e. The fourth-order valence-electron chi connectivity index (χ4n) is 2.78. The highest BCUT2D eigenvalue weighted by atomic mass is 35.5. The highest BCUT2D eigenvalue weighted by Gasteiger charge is 2.26. The fourth-order valence-corrected chi connectivity index (χ4v) is 3.29. The van der Waals surface area contributed by atoms with Gasteiger partial charge in [0.05, 0.1) is 10.9 Å². The smallest absolute Gasteiger partial charge is 0.282 e. The predicted molar refractivity (Wildman–Crippen MR) is 95.8 cm³/mol. The number of guanidine groups is 1. The van der Waals surface area contributed by atoms with Crippen molar-refractivity contribution < 1.29 is 0 Å². The second kappa shape index (κ2) is 5.51. The Labute approximate surface area is 146 Å². The molecule has 0 aliphatic carbocycles. The molecule has 0 spiro atoms. The summed E-state index contributed by atoms with van der Waals surface area (Å²) < 4.78 is 1.79. The summed E-state index contributed by atoms with van der Waals surface area (Å²) in [6.07, 6.45) is -0.552. The van der Waals surface area contributed by atoms with Crippen LogP contribution in [0, 0.1) is 0 Å². The van der Waals surface area contributed by atoms with E-state index in [0.29, 0.717) is 32.5 Å². The Bertz CT molecular complexity index is 1060. The second-order valence-electron chi connectivity index (χ2n) is 5.31. The Kier molecular flexibility index (Phi) is 3.44. The maximum absolute atomic E-state index is 12.2. The van der Waals surface area contributed by atoms with Gasteiger partial charge >= 0.3 is 0 Å². The Balaban J connectivity index is 2.05. The van der Waals surface area contributed by atoms with Gasteiger partial charge in [-0.15, -0.1) is 0 Å². The van der Waals surface area contributed by atoms with Gasteiger partial charge in [0.1, 0.15) is 0 Å². The van der Waals surface area contributed by atoms with Gasteiger partial charge in [-0.1, -0.05) is 41.4 Å². The molecule has 120 valence electrons. The van der Waals surface area contributed by atoms with Crippen LogP contribution in [-0.4, -0.2) is 15.5 Å². The summed E-state index contributed by atoms with van der Waals surface area (Å²) in [5, 5.41) is 4.31. The number of fused-ring (bicyclic) bond motifs is 3. The van der Waals surface area contributed by atoms with E-state index in [1.54, 1.807) is 34.9 Å². The summed E-state index contributed by atoms with van der Waals surface area (Å²) in [5.41, 5.74) is 6.93. The zero-order chi connectivity index (χ0) is 16.8. The minimum atomic E-state index is -0.552. The molecule has 2 aromatic carbocycles. The normalized spacial score (nSPS) is 16.4. The number of hydrogen-bond donors (Lipinski definition) is 2. The number of nitrogens with one attached hydrogen (secondary N) is 1. The van der Waals surface area contributed by atoms with Gasteiger partial charge in [-0.05, 0) is 24.3 Å². The summed E-state index contributed by atoms with van der Waals surface area (Å²) in [5.74, 6) is 0.482. The number of anilines is 1. The number of aromatic nitrogens is 2. The Morgan fingerprint density at radius 3 is 2.75 bits per heavy atom. The van der Waals surface area contributed by atoms with Crippen molar-refractivity contribution in [3.8, 4) is 0 Å². The largest absolute Gasteiger partial charge is 0.370 e. The molecule has 1 atom stereocenters. The molecule has 1 aromatic heterocycles. The summed E-state index contributed by atoms with van der Waals surface area (Å²) in [4.78, 5) is 20.7. The standard InChI is InChI=1S/C16H11Cl2N5O/c17-8-5-6-9(11(18)7-8)13-20-15(19)22-16-21-14(24)10-3-1-2-4-12(10)23(13)16/h1-7,13H,(H3,19,20,21,22,24)/t13-/m1/s1. The van der Waals surface area contributed by atoms with Crippen LogP contribution >= 0.6 is 23.2 Å². The van der Waals surface area contributed by atoms with Crippen molar-refractivity contribution in [2.24, 2.45) is 10.7 Å². The van der Waals surface area contributed by atoms with Crippen LogP contribution in [0.5, 0.6) is 0 Å². The first-order valence-electron chi connectivity index (χ1n) is 7.11. The molecule has 6 nitrogen and oxygen atoms in total. The molecule has 2 heterocycles. The predicted octanol–water partition coefficient (Wildman–Crippen LogP) is 2.99. The minimum absolute atomic E-state index is 0.160. The maximum atomic E-state index is 12.2. The van der Waals surface area contributed by atoms with Gasteiger partial charge in [-0.25, -0.2) is 4.99 Å². The average molecular weight is 360 g/mol. The van der Waals surface area contributed by atoms with Crippen molar-refractivity contribution in [1.82, 2.24) is 9.55 Å². The van der Waals surface area contributed by atoms with Crippen molar-refractivity contribution >= 4 is 46.0 Å². The molecular weight excluding hydrogens is 349 g/mol. The number of benzene rings is 2. The number of rotatable bonds is 1. The lowest BCUT2D eigenvalue weighted by atomic mass is 10.1. The van der Waals surface area contributed by atoms with Crippen LogP contribution in [0.3, 0.4) is 0 Å². The topological polar surface area (TPSA) is 85.3 Å². The van der Waals surface area contributed by atoms with E-state index in [1.807, 2.05) is 12.1 Å². The average Bonchev–Trinajstić information content (AvgIpc) is 2.54. The molecule has 8 heteroatoms. The van der Waals surface area contributed by atoms with Crippen LogP contribution in [0.2, 0.25) is 10.0 Å². The molecule has 0 bridgehead atoms. The lowest BCUT2D eigenvalue weighted by Gasteiger charge is -2.27. The quantitative estimate of drug-likeness (QED) is 0.699. The van der Waals surface area contributed by atoms with Gasteiger partial charge < -0.3 is 5.73 Å². The minimum Gasteiger partial charge on any atom is -0.370 e. The van der Waals surface area contributed by atoms with E-state index in [0.717, 1.165) is 0 Å². The highest BCUT2D eigenvalue weighted by Crippen LogP contribution is 2.34. The molecular formula is C16H11Cl2N5O. The van der Waals surface area contributed by atoms with Crippen LogP contribution in [0.4, 0.5) is 5.95 Å². The van der Waals surface area contributed by atoms with E-state index >= 15 is 0 Å². The lowest BCUT2D eigenvalue weighted by Crippen LogP contribution is -2.34. The molecule has 0 saturated heterocycles. The summed E-state index contributed by atoms with van der Waals surface area (Å²) in [6, 6.07) is 12.3. The zero-order valence-electron chi connectivity index (χ0n) is 12.2. The molecule has 1 aliphatic rings. The van der Waals surface area contributed by atoms with Gasteiger partial charge in [-0.3, -0.25) is 14.7 Å². The Morgan fingerprint density at radius 1 is 1.17 bits per heavy atom. The lowest BCUT2D eigenvalue weighted by molar-refractivity contribution is 0.616. The fraction of sp³-hybridized carbons (Fsp3) is 0.0625. The Hall–Kier alpha value is -2.57. The first kappa shape index (κ1) is 15.0. The van der Waals surface area contributed by atoms with Gasteiger partial charge in [-0.2, -0.15) is 4.98 Å². The molecule has 24 heavy (non-hydrogen) atoms. The third-order valence-electron chi connectivity index (χ3n) is 3.82. The van der Waals surface area contributed by atoms with Crippen molar-refractivity contribution in [3.05, 3.63) is 68.4 Å². The number of nitrogens with two attached hydrogens (primary N) is 1. The molecule has 3 aromatic rings. The van der Waals surface area contributed by atoms with E-state index in [2.05, 4.69) is 15.3 Å². The van der Waals surface area contributed by atoms with Gasteiger partial charge in [0.25, 0.3) is 5.56 Å². The third kappa shape index (κ3) is 2.31. The van der Waals surface area contributed by atoms with Crippen molar-refractivity contribution in [2.75, 3.05) is 5.32 Å². The molecule has 3 N–H and O–H groups in total. The van der Waals surface area contributed by atoms with E-state index < -0.39 is 6.17 Å². The van der Waals surface area contributed by atoms with E-state index in [4.69, 9.17) is 28.9 Å². The molecule has 0 amide bonds. The summed E-state index contributed by atoms with van der Waals surface area (Å²) in [6.45, 7) is 0.